The summed E-state index contributed by atoms with van der Waals surface area (Å²) in [5.74, 6) is 0. The third-order valence-electron chi connectivity index (χ3n) is 2.57. The summed E-state index contributed by atoms with van der Waals surface area (Å²) >= 11 is 4.41. The fourth-order valence-corrected chi connectivity index (χ4v) is 1.86. The highest BCUT2D eigenvalue weighted by Crippen LogP contribution is 2.29. The molecule has 13 heavy (non-hydrogen) atoms. The molecule has 0 aromatic heterocycles. The summed E-state index contributed by atoms with van der Waals surface area (Å²) in [6, 6.07) is 4.27. The van der Waals surface area contributed by atoms with Gasteiger partial charge < -0.3 is 0 Å². The van der Waals surface area contributed by atoms with Crippen LogP contribution in [0.4, 0.5) is 0 Å². The maximum absolute atomic E-state index is 4.41. The van der Waals surface area contributed by atoms with E-state index in [1.54, 1.807) is 0 Å². The highest BCUT2D eigenvalue weighted by atomic mass is 32.1. The predicted molar refractivity (Wildman–Crippen MR) is 61.9 cm³/mol. The van der Waals surface area contributed by atoms with Crippen LogP contribution in [0.5, 0.6) is 0 Å². The van der Waals surface area contributed by atoms with Gasteiger partial charge in [0.25, 0.3) is 0 Å². The van der Waals surface area contributed by atoms with E-state index in [-0.39, 0.29) is 5.41 Å². The van der Waals surface area contributed by atoms with Gasteiger partial charge in [-0.05, 0) is 42.0 Å². The van der Waals surface area contributed by atoms with Crippen molar-refractivity contribution in [1.29, 1.82) is 0 Å². The first-order chi connectivity index (χ1) is 5.84. The molecule has 0 saturated heterocycles. The Balaban J connectivity index is 3.35. The first-order valence-corrected chi connectivity index (χ1v) is 5.08. The van der Waals surface area contributed by atoms with Gasteiger partial charge in [0.2, 0.25) is 0 Å². The second-order valence-electron chi connectivity index (χ2n) is 4.63. The molecule has 0 unspecified atom stereocenters. The number of hydrogen-bond acceptors (Lipinski definition) is 1. The van der Waals surface area contributed by atoms with Gasteiger partial charge in [0.1, 0.15) is 0 Å². The van der Waals surface area contributed by atoms with Crippen LogP contribution in [0.2, 0.25) is 0 Å². The van der Waals surface area contributed by atoms with Crippen molar-refractivity contribution in [2.45, 2.75) is 44.9 Å². The van der Waals surface area contributed by atoms with Gasteiger partial charge in [-0.15, -0.1) is 12.6 Å². The summed E-state index contributed by atoms with van der Waals surface area (Å²) in [6.07, 6.45) is 0. The molecule has 0 aliphatic carbocycles. The van der Waals surface area contributed by atoms with E-state index in [0.29, 0.717) is 0 Å². The van der Waals surface area contributed by atoms with Gasteiger partial charge in [-0.3, -0.25) is 0 Å². The highest BCUT2D eigenvalue weighted by Gasteiger charge is 2.17. The zero-order valence-electron chi connectivity index (χ0n) is 9.10. The second-order valence-corrected chi connectivity index (χ2v) is 5.11. The lowest BCUT2D eigenvalue weighted by Gasteiger charge is -2.23. The van der Waals surface area contributed by atoms with Gasteiger partial charge in [0.05, 0.1) is 0 Å². The lowest BCUT2D eigenvalue weighted by molar-refractivity contribution is 0.584. The minimum Gasteiger partial charge on any atom is -0.143 e. The molecule has 0 radical (unpaired) electrons. The Morgan fingerprint density at radius 3 is 2.00 bits per heavy atom. The Kier molecular flexibility index (Phi) is 2.76. The maximum Gasteiger partial charge on any atom is 0.00720 e. The Hall–Kier alpha value is -0.430. The summed E-state index contributed by atoms with van der Waals surface area (Å²) < 4.78 is 0. The van der Waals surface area contributed by atoms with Gasteiger partial charge in [-0.2, -0.15) is 0 Å². The number of benzene rings is 1. The van der Waals surface area contributed by atoms with Crippen LogP contribution in [0.25, 0.3) is 0 Å². The van der Waals surface area contributed by atoms with Crippen LogP contribution in [0.3, 0.4) is 0 Å². The molecule has 0 amide bonds. The van der Waals surface area contributed by atoms with E-state index in [2.05, 4.69) is 59.4 Å². The molecule has 1 aromatic rings. The SMILES string of the molecule is Cc1c(S)ccc(C(C)(C)C)c1C. The van der Waals surface area contributed by atoms with E-state index in [1.807, 2.05) is 0 Å². The smallest absolute Gasteiger partial charge is 0.00720 e. The summed E-state index contributed by atoms with van der Waals surface area (Å²) in [5, 5.41) is 0. The third-order valence-corrected chi connectivity index (χ3v) is 3.05. The quantitative estimate of drug-likeness (QED) is 0.595. The highest BCUT2D eigenvalue weighted by molar-refractivity contribution is 7.80. The Morgan fingerprint density at radius 1 is 1.00 bits per heavy atom. The van der Waals surface area contributed by atoms with Crippen molar-refractivity contribution in [2.24, 2.45) is 0 Å². The van der Waals surface area contributed by atoms with Crippen molar-refractivity contribution >= 4 is 12.6 Å². The van der Waals surface area contributed by atoms with E-state index in [1.165, 1.54) is 16.7 Å². The Labute approximate surface area is 86.8 Å². The summed E-state index contributed by atoms with van der Waals surface area (Å²) in [7, 11) is 0. The molecule has 0 fully saturated rings. The molecule has 0 aliphatic heterocycles. The van der Waals surface area contributed by atoms with Gasteiger partial charge in [-0.1, -0.05) is 26.8 Å². The third kappa shape index (κ3) is 2.08. The van der Waals surface area contributed by atoms with E-state index in [4.69, 9.17) is 0 Å². The number of thiol groups is 1. The largest absolute Gasteiger partial charge is 0.143 e. The minimum absolute atomic E-state index is 0.232. The molecule has 0 saturated carbocycles. The van der Waals surface area contributed by atoms with Crippen molar-refractivity contribution in [3.05, 3.63) is 28.8 Å². The number of rotatable bonds is 0. The summed E-state index contributed by atoms with van der Waals surface area (Å²) in [4.78, 5) is 1.09. The topological polar surface area (TPSA) is 0 Å². The average molecular weight is 194 g/mol. The zero-order valence-corrected chi connectivity index (χ0v) is 10.00. The standard InChI is InChI=1S/C12H18S/c1-8-9(2)11(13)7-6-10(8)12(3,4)5/h6-7,13H,1-5H3. The molecule has 0 bridgehead atoms. The predicted octanol–water partition coefficient (Wildman–Crippen LogP) is 3.89. The monoisotopic (exact) mass is 194 g/mol. The second kappa shape index (κ2) is 3.38. The molecule has 0 N–H and O–H groups in total. The van der Waals surface area contributed by atoms with E-state index >= 15 is 0 Å². The van der Waals surface area contributed by atoms with Gasteiger partial charge in [-0.25, -0.2) is 0 Å². The van der Waals surface area contributed by atoms with Crippen LogP contribution >= 0.6 is 12.6 Å². The molecule has 0 heterocycles. The molecule has 1 heteroatoms. The van der Waals surface area contributed by atoms with Crippen LogP contribution < -0.4 is 0 Å². The maximum atomic E-state index is 4.41. The van der Waals surface area contributed by atoms with Crippen molar-refractivity contribution in [2.75, 3.05) is 0 Å². The van der Waals surface area contributed by atoms with Crippen LogP contribution in [0, 0.1) is 13.8 Å². The van der Waals surface area contributed by atoms with Crippen molar-refractivity contribution in [3.63, 3.8) is 0 Å². The van der Waals surface area contributed by atoms with Crippen molar-refractivity contribution in [3.8, 4) is 0 Å². The van der Waals surface area contributed by atoms with Gasteiger partial charge in [0.15, 0.2) is 0 Å². The van der Waals surface area contributed by atoms with Crippen LogP contribution in [0.15, 0.2) is 17.0 Å². The lowest BCUT2D eigenvalue weighted by atomic mass is 9.83. The molecule has 72 valence electrons. The zero-order chi connectivity index (χ0) is 10.2. The normalized spacial score (nSPS) is 11.8. The van der Waals surface area contributed by atoms with Crippen LogP contribution in [-0.2, 0) is 5.41 Å². The van der Waals surface area contributed by atoms with Crippen molar-refractivity contribution < 1.29 is 0 Å². The fraction of sp³-hybridized carbons (Fsp3) is 0.500. The lowest BCUT2D eigenvalue weighted by Crippen LogP contribution is -2.13. The van der Waals surface area contributed by atoms with E-state index in [9.17, 15) is 0 Å². The van der Waals surface area contributed by atoms with Gasteiger partial charge in [0, 0.05) is 4.90 Å². The minimum atomic E-state index is 0.232. The van der Waals surface area contributed by atoms with Crippen LogP contribution in [0.1, 0.15) is 37.5 Å². The molecule has 1 rings (SSSR count). The van der Waals surface area contributed by atoms with Crippen molar-refractivity contribution in [1.82, 2.24) is 0 Å². The number of hydrogen-bond donors (Lipinski definition) is 1. The Bertz CT molecular complexity index is 319. The Morgan fingerprint density at radius 2 is 1.54 bits per heavy atom. The summed E-state index contributed by atoms with van der Waals surface area (Å²) in [6.45, 7) is 11.0. The van der Waals surface area contributed by atoms with E-state index < -0.39 is 0 Å². The van der Waals surface area contributed by atoms with Gasteiger partial charge >= 0.3 is 0 Å². The average Bonchev–Trinajstić information content (AvgIpc) is 1.98. The summed E-state index contributed by atoms with van der Waals surface area (Å²) in [5.41, 5.74) is 4.33. The molecule has 0 aliphatic rings. The van der Waals surface area contributed by atoms with E-state index in [0.717, 1.165) is 4.90 Å². The fourth-order valence-electron chi connectivity index (χ4n) is 1.62. The molecule has 0 spiro atoms. The molecular formula is C12H18S. The first kappa shape index (κ1) is 10.6. The van der Waals surface area contributed by atoms with Crippen LogP contribution in [-0.4, -0.2) is 0 Å². The molecular weight excluding hydrogens is 176 g/mol. The molecule has 0 nitrogen and oxygen atoms in total. The first-order valence-electron chi connectivity index (χ1n) is 4.63. The molecule has 0 atom stereocenters. The molecule has 1 aromatic carbocycles.